The summed E-state index contributed by atoms with van der Waals surface area (Å²) in [5, 5.41) is 0. The van der Waals surface area contributed by atoms with Crippen LogP contribution in [0.1, 0.15) is 27.8 Å². The van der Waals surface area contributed by atoms with Gasteiger partial charge in [-0.05, 0) is 80.3 Å². The molecule has 0 fully saturated rings. The summed E-state index contributed by atoms with van der Waals surface area (Å²) in [5.41, 5.74) is 13.8. The third-order valence-electron chi connectivity index (χ3n) is 8.11. The van der Waals surface area contributed by atoms with Gasteiger partial charge in [0.1, 0.15) is 0 Å². The van der Waals surface area contributed by atoms with Crippen LogP contribution in [-0.2, 0) is 5.41 Å². The van der Waals surface area contributed by atoms with Gasteiger partial charge in [-0.25, -0.2) is 0 Å². The molecule has 0 heterocycles. The molecule has 0 aliphatic heterocycles. The standard InChI is InChI=1S/C38H28/c1-27-23-24-32(26-35(27)29-15-6-3-7-16-29)38(31-18-12-17-30(25-31)28-13-4-2-5-14-28)36-21-10-8-19-33(36)34-20-9-11-22-37(34)38/h2-26H,1H3. The molecule has 38 heavy (non-hydrogen) atoms. The van der Waals surface area contributed by atoms with E-state index in [1.165, 1.54) is 61.2 Å². The summed E-state index contributed by atoms with van der Waals surface area (Å²) in [7, 11) is 0. The molecule has 6 aromatic carbocycles. The van der Waals surface area contributed by atoms with Gasteiger partial charge in [-0.15, -0.1) is 0 Å². The highest BCUT2D eigenvalue weighted by Crippen LogP contribution is 2.56. The third-order valence-corrected chi connectivity index (χ3v) is 8.11. The summed E-state index contributed by atoms with van der Waals surface area (Å²) in [6.07, 6.45) is 0. The molecule has 0 heteroatoms. The Morgan fingerprint density at radius 1 is 0.368 bits per heavy atom. The summed E-state index contributed by atoms with van der Waals surface area (Å²) in [4.78, 5) is 0. The zero-order valence-corrected chi connectivity index (χ0v) is 21.4. The summed E-state index contributed by atoms with van der Waals surface area (Å²) in [6.45, 7) is 2.21. The average Bonchev–Trinajstić information content (AvgIpc) is 3.30. The highest BCUT2D eigenvalue weighted by atomic mass is 14.5. The summed E-state index contributed by atoms with van der Waals surface area (Å²) in [6, 6.07) is 55.6. The first-order valence-corrected chi connectivity index (χ1v) is 13.3. The Hall–Kier alpha value is -4.68. The second-order valence-corrected chi connectivity index (χ2v) is 10.2. The van der Waals surface area contributed by atoms with Crippen molar-refractivity contribution in [3.05, 3.63) is 179 Å². The van der Waals surface area contributed by atoms with Crippen LogP contribution in [0.5, 0.6) is 0 Å². The van der Waals surface area contributed by atoms with E-state index in [-0.39, 0.29) is 0 Å². The molecular formula is C38H28. The van der Waals surface area contributed by atoms with E-state index in [1.807, 2.05) is 0 Å². The first-order valence-electron chi connectivity index (χ1n) is 13.3. The molecule has 180 valence electrons. The molecule has 7 rings (SSSR count). The smallest absolute Gasteiger partial charge is 0.0622 e. The molecule has 0 aromatic heterocycles. The lowest BCUT2D eigenvalue weighted by atomic mass is 9.67. The van der Waals surface area contributed by atoms with E-state index in [4.69, 9.17) is 0 Å². The maximum atomic E-state index is 2.43. The molecule has 0 unspecified atom stereocenters. The predicted molar refractivity (Wildman–Crippen MR) is 159 cm³/mol. The van der Waals surface area contributed by atoms with Gasteiger partial charge in [0.25, 0.3) is 0 Å². The van der Waals surface area contributed by atoms with Gasteiger partial charge >= 0.3 is 0 Å². The van der Waals surface area contributed by atoms with Gasteiger partial charge in [-0.2, -0.15) is 0 Å². The molecule has 6 aromatic rings. The minimum absolute atomic E-state index is 0.421. The van der Waals surface area contributed by atoms with Crippen LogP contribution in [0.2, 0.25) is 0 Å². The van der Waals surface area contributed by atoms with Gasteiger partial charge in [0.2, 0.25) is 0 Å². The van der Waals surface area contributed by atoms with Crippen LogP contribution in [0.25, 0.3) is 33.4 Å². The monoisotopic (exact) mass is 484 g/mol. The number of benzene rings is 6. The molecular weight excluding hydrogens is 456 g/mol. The van der Waals surface area contributed by atoms with E-state index in [9.17, 15) is 0 Å². The Bertz CT molecular complexity index is 1710. The second kappa shape index (κ2) is 9.01. The van der Waals surface area contributed by atoms with Crippen molar-refractivity contribution in [1.82, 2.24) is 0 Å². The SMILES string of the molecule is Cc1ccc(C2(c3cccc(-c4ccccc4)c3)c3ccccc3-c3ccccc32)cc1-c1ccccc1. The minimum Gasteiger partial charge on any atom is -0.0622 e. The zero-order chi connectivity index (χ0) is 25.5. The molecule has 1 aliphatic carbocycles. The third kappa shape index (κ3) is 3.38. The lowest BCUT2D eigenvalue weighted by Gasteiger charge is -2.34. The lowest BCUT2D eigenvalue weighted by Crippen LogP contribution is -2.28. The summed E-state index contributed by atoms with van der Waals surface area (Å²) >= 11 is 0. The van der Waals surface area contributed by atoms with Gasteiger partial charge in [0.05, 0.1) is 5.41 Å². The lowest BCUT2D eigenvalue weighted by molar-refractivity contribution is 0.768. The second-order valence-electron chi connectivity index (χ2n) is 10.2. The molecule has 0 nitrogen and oxygen atoms in total. The van der Waals surface area contributed by atoms with Crippen LogP contribution < -0.4 is 0 Å². The topological polar surface area (TPSA) is 0 Å². The predicted octanol–water partition coefficient (Wildman–Crippen LogP) is 9.69. The van der Waals surface area contributed by atoms with Crippen molar-refractivity contribution in [2.45, 2.75) is 12.3 Å². The number of hydrogen-bond donors (Lipinski definition) is 0. The van der Waals surface area contributed by atoms with Crippen LogP contribution in [0.4, 0.5) is 0 Å². The Balaban J connectivity index is 1.57. The van der Waals surface area contributed by atoms with E-state index in [0.29, 0.717) is 0 Å². The quantitative estimate of drug-likeness (QED) is 0.233. The number of aryl methyl sites for hydroxylation is 1. The van der Waals surface area contributed by atoms with Crippen LogP contribution in [0.15, 0.2) is 152 Å². The van der Waals surface area contributed by atoms with Crippen molar-refractivity contribution < 1.29 is 0 Å². The van der Waals surface area contributed by atoms with Crippen molar-refractivity contribution in [1.29, 1.82) is 0 Å². The highest BCUT2D eigenvalue weighted by Gasteiger charge is 2.46. The molecule has 0 spiro atoms. The fourth-order valence-electron chi connectivity index (χ4n) is 6.37. The van der Waals surface area contributed by atoms with E-state index >= 15 is 0 Å². The molecule has 0 saturated heterocycles. The van der Waals surface area contributed by atoms with Crippen molar-refractivity contribution in [3.63, 3.8) is 0 Å². The van der Waals surface area contributed by atoms with E-state index < -0.39 is 5.41 Å². The number of hydrogen-bond acceptors (Lipinski definition) is 0. The van der Waals surface area contributed by atoms with Gasteiger partial charge < -0.3 is 0 Å². The largest absolute Gasteiger partial charge is 0.0713 e. The average molecular weight is 485 g/mol. The van der Waals surface area contributed by atoms with Crippen LogP contribution in [0.3, 0.4) is 0 Å². The number of rotatable bonds is 4. The zero-order valence-electron chi connectivity index (χ0n) is 21.4. The van der Waals surface area contributed by atoms with Gasteiger partial charge in [0.15, 0.2) is 0 Å². The molecule has 0 bridgehead atoms. The van der Waals surface area contributed by atoms with E-state index in [1.54, 1.807) is 0 Å². The number of fused-ring (bicyclic) bond motifs is 3. The van der Waals surface area contributed by atoms with Crippen molar-refractivity contribution in [2.75, 3.05) is 0 Å². The Morgan fingerprint density at radius 3 is 1.55 bits per heavy atom. The first kappa shape index (κ1) is 22.5. The van der Waals surface area contributed by atoms with Gasteiger partial charge in [-0.3, -0.25) is 0 Å². The summed E-state index contributed by atoms with van der Waals surface area (Å²) in [5.74, 6) is 0. The Kier molecular flexibility index (Phi) is 5.34. The molecule has 0 atom stereocenters. The highest BCUT2D eigenvalue weighted by molar-refractivity contribution is 5.87. The van der Waals surface area contributed by atoms with Crippen LogP contribution in [0, 0.1) is 6.92 Å². The van der Waals surface area contributed by atoms with Crippen molar-refractivity contribution in [2.24, 2.45) is 0 Å². The van der Waals surface area contributed by atoms with Crippen molar-refractivity contribution in [3.8, 4) is 33.4 Å². The first-order chi connectivity index (χ1) is 18.8. The maximum absolute atomic E-state index is 2.43. The van der Waals surface area contributed by atoms with Gasteiger partial charge in [-0.1, -0.05) is 140 Å². The fourth-order valence-corrected chi connectivity index (χ4v) is 6.37. The molecule has 0 radical (unpaired) electrons. The molecule has 0 saturated carbocycles. The molecule has 1 aliphatic rings. The van der Waals surface area contributed by atoms with Crippen molar-refractivity contribution >= 4 is 0 Å². The maximum Gasteiger partial charge on any atom is 0.0713 e. The Labute approximate surface area is 224 Å². The van der Waals surface area contributed by atoms with Crippen LogP contribution >= 0.6 is 0 Å². The van der Waals surface area contributed by atoms with E-state index in [2.05, 4.69) is 159 Å². The minimum atomic E-state index is -0.421. The fraction of sp³-hybridized carbons (Fsp3) is 0.0526. The van der Waals surface area contributed by atoms with Gasteiger partial charge in [0, 0.05) is 0 Å². The molecule has 0 amide bonds. The normalized spacial score (nSPS) is 13.1. The summed E-state index contributed by atoms with van der Waals surface area (Å²) < 4.78 is 0. The van der Waals surface area contributed by atoms with E-state index in [0.717, 1.165) is 0 Å². The molecule has 0 N–H and O–H groups in total. The Morgan fingerprint density at radius 2 is 0.895 bits per heavy atom. The van der Waals surface area contributed by atoms with Crippen LogP contribution in [-0.4, -0.2) is 0 Å².